The standard InChI is InChI=1S/C7H12S3/c1-2-4-6-8-10-9-7-5-3-1/h4,6H,1-3,5,7H2. The molecule has 0 radical (unpaired) electrons. The molecule has 1 aliphatic heterocycles. The average Bonchev–Trinajstić information content (AvgIpc) is 2.01. The maximum atomic E-state index is 2.28. The third kappa shape index (κ3) is 4.58. The second-order valence-electron chi connectivity index (χ2n) is 2.21. The predicted molar refractivity (Wildman–Crippen MR) is 55.2 cm³/mol. The van der Waals surface area contributed by atoms with Crippen LogP contribution in [0.4, 0.5) is 0 Å². The largest absolute Gasteiger partial charge is 0.0822 e. The van der Waals surface area contributed by atoms with Gasteiger partial charge in [-0.3, -0.25) is 0 Å². The maximum absolute atomic E-state index is 2.28. The number of rotatable bonds is 0. The van der Waals surface area contributed by atoms with Gasteiger partial charge in [0.25, 0.3) is 0 Å². The molecule has 0 nitrogen and oxygen atoms in total. The lowest BCUT2D eigenvalue weighted by Gasteiger charge is -2.00. The molecule has 0 unspecified atom stereocenters. The molecule has 10 heavy (non-hydrogen) atoms. The van der Waals surface area contributed by atoms with Crippen LogP contribution in [0.3, 0.4) is 0 Å². The highest BCUT2D eigenvalue weighted by Gasteiger charge is 1.92. The number of hydrogen-bond donors (Lipinski definition) is 0. The minimum Gasteiger partial charge on any atom is -0.0822 e. The Hall–Kier alpha value is 0.790. The molecule has 0 spiro atoms. The second-order valence-corrected chi connectivity index (χ2v) is 6.37. The molecule has 0 amide bonds. The van der Waals surface area contributed by atoms with E-state index in [2.05, 4.69) is 11.5 Å². The Morgan fingerprint density at radius 2 is 2.10 bits per heavy atom. The van der Waals surface area contributed by atoms with Gasteiger partial charge in [0.05, 0.1) is 0 Å². The SMILES string of the molecule is C1=CSSSCCCCC1. The lowest BCUT2D eigenvalue weighted by atomic mass is 10.2. The van der Waals surface area contributed by atoms with Crippen LogP contribution in [0, 0.1) is 0 Å². The minimum absolute atomic E-state index is 1.28. The van der Waals surface area contributed by atoms with Crippen LogP contribution < -0.4 is 0 Å². The Kier molecular flexibility index (Phi) is 5.77. The summed E-state index contributed by atoms with van der Waals surface area (Å²) in [5, 5.41) is 2.21. The summed E-state index contributed by atoms with van der Waals surface area (Å²) >= 11 is 0. The molecule has 58 valence electrons. The van der Waals surface area contributed by atoms with Crippen LogP contribution >= 0.6 is 31.4 Å². The van der Waals surface area contributed by atoms with Crippen molar-refractivity contribution in [2.24, 2.45) is 0 Å². The Morgan fingerprint density at radius 1 is 1.10 bits per heavy atom. The third-order valence-electron chi connectivity index (χ3n) is 1.34. The van der Waals surface area contributed by atoms with Crippen LogP contribution in [0.25, 0.3) is 0 Å². The zero-order valence-corrected chi connectivity index (χ0v) is 8.36. The van der Waals surface area contributed by atoms with Crippen molar-refractivity contribution in [3.8, 4) is 0 Å². The van der Waals surface area contributed by atoms with E-state index < -0.39 is 0 Å². The summed E-state index contributed by atoms with van der Waals surface area (Å²) in [4.78, 5) is 0. The fraction of sp³-hybridized carbons (Fsp3) is 0.714. The first-order valence-corrected chi connectivity index (χ1v) is 7.31. The molecular weight excluding hydrogens is 180 g/mol. The number of hydrogen-bond acceptors (Lipinski definition) is 3. The number of allylic oxidation sites excluding steroid dienone is 1. The van der Waals surface area contributed by atoms with Crippen LogP contribution in [0.1, 0.15) is 25.7 Å². The molecule has 0 aromatic rings. The normalized spacial score (nSPS) is 22.4. The first-order chi connectivity index (χ1) is 5.00. The first kappa shape index (κ1) is 8.88. The molecular formula is C7H12S3. The van der Waals surface area contributed by atoms with E-state index >= 15 is 0 Å². The van der Waals surface area contributed by atoms with Gasteiger partial charge in [-0.2, -0.15) is 0 Å². The van der Waals surface area contributed by atoms with Crippen molar-refractivity contribution in [1.82, 2.24) is 0 Å². The highest BCUT2D eigenvalue weighted by Crippen LogP contribution is 2.36. The monoisotopic (exact) mass is 192 g/mol. The van der Waals surface area contributed by atoms with Crippen molar-refractivity contribution in [2.45, 2.75) is 25.7 Å². The van der Waals surface area contributed by atoms with Crippen molar-refractivity contribution in [2.75, 3.05) is 5.75 Å². The summed E-state index contributed by atoms with van der Waals surface area (Å²) in [6.45, 7) is 0. The molecule has 3 heteroatoms. The Morgan fingerprint density at radius 3 is 3.10 bits per heavy atom. The van der Waals surface area contributed by atoms with E-state index in [0.29, 0.717) is 0 Å². The Labute approximate surface area is 74.4 Å². The molecule has 0 fully saturated rings. The van der Waals surface area contributed by atoms with Crippen molar-refractivity contribution in [1.29, 1.82) is 0 Å². The van der Waals surface area contributed by atoms with Crippen LogP contribution in [0.5, 0.6) is 0 Å². The van der Waals surface area contributed by atoms with E-state index in [4.69, 9.17) is 0 Å². The van der Waals surface area contributed by atoms with Gasteiger partial charge in [-0.25, -0.2) is 0 Å². The van der Waals surface area contributed by atoms with Gasteiger partial charge in [-0.15, -0.1) is 0 Å². The topological polar surface area (TPSA) is 0 Å². The van der Waals surface area contributed by atoms with Gasteiger partial charge >= 0.3 is 0 Å². The Balaban J connectivity index is 2.13. The Bertz CT molecular complexity index is 89.0. The van der Waals surface area contributed by atoms with E-state index in [0.717, 1.165) is 0 Å². The van der Waals surface area contributed by atoms with Crippen molar-refractivity contribution in [3.05, 3.63) is 11.5 Å². The smallest absolute Gasteiger partial charge is 0.00452 e. The average molecular weight is 192 g/mol. The van der Waals surface area contributed by atoms with Crippen molar-refractivity contribution >= 4 is 31.4 Å². The lowest BCUT2D eigenvalue weighted by molar-refractivity contribution is 0.736. The zero-order valence-electron chi connectivity index (χ0n) is 5.91. The van der Waals surface area contributed by atoms with Gasteiger partial charge in [0, 0.05) is 5.75 Å². The fourth-order valence-corrected chi connectivity index (χ4v) is 4.11. The predicted octanol–water partition coefficient (Wildman–Crippen LogP) is 4.10. The third-order valence-corrected chi connectivity index (χ3v) is 5.20. The molecule has 0 bridgehead atoms. The molecule has 0 saturated carbocycles. The van der Waals surface area contributed by atoms with E-state index in [1.165, 1.54) is 31.4 Å². The fourth-order valence-electron chi connectivity index (χ4n) is 0.792. The van der Waals surface area contributed by atoms with Crippen molar-refractivity contribution in [3.63, 3.8) is 0 Å². The second kappa shape index (κ2) is 6.50. The van der Waals surface area contributed by atoms with Crippen LogP contribution in [-0.2, 0) is 0 Å². The summed E-state index contributed by atoms with van der Waals surface area (Å²) in [5.41, 5.74) is 0. The van der Waals surface area contributed by atoms with E-state index in [1.807, 2.05) is 31.4 Å². The highest BCUT2D eigenvalue weighted by molar-refractivity contribution is 9.09. The van der Waals surface area contributed by atoms with Gasteiger partial charge < -0.3 is 0 Å². The summed E-state index contributed by atoms with van der Waals surface area (Å²) in [6.07, 6.45) is 7.73. The molecule has 0 aliphatic carbocycles. The summed E-state index contributed by atoms with van der Waals surface area (Å²) in [6, 6.07) is 0. The van der Waals surface area contributed by atoms with Crippen LogP contribution in [-0.4, -0.2) is 5.75 Å². The lowest BCUT2D eigenvalue weighted by Crippen LogP contribution is -1.78. The molecule has 0 atom stereocenters. The first-order valence-electron chi connectivity index (χ1n) is 3.60. The van der Waals surface area contributed by atoms with E-state index in [-0.39, 0.29) is 0 Å². The van der Waals surface area contributed by atoms with Crippen LogP contribution in [0.15, 0.2) is 11.5 Å². The molecule has 0 aromatic heterocycles. The quantitative estimate of drug-likeness (QED) is 0.530. The maximum Gasteiger partial charge on any atom is 0.00452 e. The molecule has 1 heterocycles. The summed E-state index contributed by atoms with van der Waals surface area (Å²) in [5.74, 6) is 1.32. The zero-order chi connectivity index (χ0) is 7.07. The van der Waals surface area contributed by atoms with Crippen molar-refractivity contribution < 1.29 is 0 Å². The van der Waals surface area contributed by atoms with Gasteiger partial charge in [0.15, 0.2) is 0 Å². The molecule has 0 N–H and O–H groups in total. The van der Waals surface area contributed by atoms with Gasteiger partial charge in [-0.1, -0.05) is 34.1 Å². The van der Waals surface area contributed by atoms with E-state index in [1.54, 1.807) is 0 Å². The summed E-state index contributed by atoms with van der Waals surface area (Å²) < 4.78 is 0. The highest BCUT2D eigenvalue weighted by atomic mass is 33.5. The summed E-state index contributed by atoms with van der Waals surface area (Å²) in [7, 11) is 5.73. The van der Waals surface area contributed by atoms with E-state index in [9.17, 15) is 0 Å². The van der Waals surface area contributed by atoms with Gasteiger partial charge in [-0.05, 0) is 34.5 Å². The molecule has 1 aliphatic rings. The van der Waals surface area contributed by atoms with Gasteiger partial charge in [0.2, 0.25) is 0 Å². The minimum atomic E-state index is 1.28. The molecule has 0 aromatic carbocycles. The molecule has 0 saturated heterocycles. The molecule has 1 rings (SSSR count). The van der Waals surface area contributed by atoms with Crippen LogP contribution in [0.2, 0.25) is 0 Å². The van der Waals surface area contributed by atoms with Gasteiger partial charge in [0.1, 0.15) is 0 Å².